The van der Waals surface area contributed by atoms with Gasteiger partial charge in [-0.05, 0) is 44.5 Å². The number of benzene rings is 2. The molecule has 1 aliphatic heterocycles. The van der Waals surface area contributed by atoms with Gasteiger partial charge < -0.3 is 9.80 Å². The van der Waals surface area contributed by atoms with Crippen molar-refractivity contribution in [3.8, 4) is 5.82 Å². The van der Waals surface area contributed by atoms with E-state index in [1.165, 1.54) is 33.1 Å². The molecule has 0 radical (unpaired) electrons. The topological polar surface area (TPSA) is 24.3 Å². The van der Waals surface area contributed by atoms with Gasteiger partial charge in [-0.15, -0.1) is 0 Å². The van der Waals surface area contributed by atoms with Crippen molar-refractivity contribution in [2.24, 2.45) is 0 Å². The average molecular weight is 368 g/mol. The number of aryl methyl sites for hydroxylation is 1. The predicted octanol–water partition coefficient (Wildman–Crippen LogP) is 5.45. The van der Waals surface area contributed by atoms with Crippen LogP contribution in [-0.4, -0.2) is 27.2 Å². The molecule has 2 aromatic heterocycles. The third-order valence-electron chi connectivity index (χ3n) is 6.02. The molecule has 0 fully saturated rings. The Morgan fingerprint density at radius 1 is 0.857 bits per heavy atom. The van der Waals surface area contributed by atoms with Crippen LogP contribution in [0.1, 0.15) is 19.4 Å². The quantitative estimate of drug-likeness (QED) is 0.470. The minimum Gasteiger partial charge on any atom is -0.357 e. The van der Waals surface area contributed by atoms with Crippen LogP contribution in [0.5, 0.6) is 0 Å². The van der Waals surface area contributed by atoms with Crippen molar-refractivity contribution in [2.45, 2.75) is 26.4 Å². The lowest BCUT2D eigenvalue weighted by molar-refractivity contribution is 0.253. The van der Waals surface area contributed by atoms with E-state index in [0.717, 1.165) is 5.82 Å². The summed E-state index contributed by atoms with van der Waals surface area (Å²) < 4.78 is 2.30. The van der Waals surface area contributed by atoms with E-state index in [0.29, 0.717) is 0 Å². The van der Waals surface area contributed by atoms with Crippen molar-refractivity contribution in [3.63, 3.8) is 0 Å². The van der Waals surface area contributed by atoms with Crippen LogP contribution in [0.3, 0.4) is 0 Å². The molecule has 0 amide bonds. The molecule has 0 N–H and O–H groups in total. The summed E-state index contributed by atoms with van der Waals surface area (Å²) in [6.45, 7) is 6.69. The molecule has 4 aromatic rings. The van der Waals surface area contributed by atoms with E-state index in [2.05, 4.69) is 102 Å². The SMILES string of the molecule is Cc1ccc2c3ccccc3n(-c3ccccn3)c2c1N1C=CN(C)C1(C)C. The van der Waals surface area contributed by atoms with Crippen molar-refractivity contribution in [1.82, 2.24) is 14.5 Å². The predicted molar refractivity (Wildman–Crippen MR) is 117 cm³/mol. The van der Waals surface area contributed by atoms with Crippen LogP contribution in [0.4, 0.5) is 5.69 Å². The summed E-state index contributed by atoms with van der Waals surface area (Å²) >= 11 is 0. The van der Waals surface area contributed by atoms with Gasteiger partial charge in [0.15, 0.2) is 0 Å². The molecule has 1 aliphatic rings. The normalized spacial score (nSPS) is 15.9. The number of fused-ring (bicyclic) bond motifs is 3. The Hall–Kier alpha value is -3.27. The number of hydrogen-bond acceptors (Lipinski definition) is 3. The van der Waals surface area contributed by atoms with Gasteiger partial charge in [-0.3, -0.25) is 4.57 Å². The lowest BCUT2D eigenvalue weighted by Crippen LogP contribution is -2.47. The molecule has 0 bridgehead atoms. The molecule has 0 unspecified atom stereocenters. The highest BCUT2D eigenvalue weighted by atomic mass is 15.4. The second kappa shape index (κ2) is 5.86. The third kappa shape index (κ3) is 2.21. The molecular formula is C24H24N4. The van der Waals surface area contributed by atoms with Gasteiger partial charge in [-0.25, -0.2) is 4.98 Å². The highest BCUT2D eigenvalue weighted by Gasteiger charge is 2.35. The van der Waals surface area contributed by atoms with Crippen LogP contribution in [0, 0.1) is 6.92 Å². The molecule has 0 spiro atoms. The molecule has 5 rings (SSSR count). The molecule has 140 valence electrons. The van der Waals surface area contributed by atoms with Gasteiger partial charge in [0.1, 0.15) is 11.5 Å². The van der Waals surface area contributed by atoms with E-state index >= 15 is 0 Å². The standard InChI is InChI=1S/C24H24N4/c1-17-12-13-19-18-9-5-6-10-20(18)28(21-11-7-8-14-25-21)23(19)22(17)27-16-15-26(4)24(27,2)3/h5-16H,1-4H3. The number of aromatic nitrogens is 2. The zero-order chi connectivity index (χ0) is 19.5. The fraction of sp³-hybridized carbons (Fsp3) is 0.208. The Morgan fingerprint density at radius 2 is 1.64 bits per heavy atom. The van der Waals surface area contributed by atoms with E-state index < -0.39 is 0 Å². The van der Waals surface area contributed by atoms with Crippen LogP contribution in [0.2, 0.25) is 0 Å². The van der Waals surface area contributed by atoms with Gasteiger partial charge in [0.2, 0.25) is 0 Å². The van der Waals surface area contributed by atoms with Crippen LogP contribution < -0.4 is 4.90 Å². The van der Waals surface area contributed by atoms with E-state index in [9.17, 15) is 0 Å². The number of pyridine rings is 1. The molecule has 4 nitrogen and oxygen atoms in total. The van der Waals surface area contributed by atoms with Gasteiger partial charge in [0.05, 0.1) is 16.7 Å². The van der Waals surface area contributed by atoms with Crippen molar-refractivity contribution in [2.75, 3.05) is 11.9 Å². The maximum absolute atomic E-state index is 4.69. The van der Waals surface area contributed by atoms with Gasteiger partial charge in [0.25, 0.3) is 0 Å². The molecular weight excluding hydrogens is 344 g/mol. The van der Waals surface area contributed by atoms with Gasteiger partial charge in [-0.2, -0.15) is 0 Å². The second-order valence-electron chi connectivity index (χ2n) is 7.94. The molecule has 28 heavy (non-hydrogen) atoms. The van der Waals surface area contributed by atoms with E-state index in [-0.39, 0.29) is 5.66 Å². The summed E-state index contributed by atoms with van der Waals surface area (Å²) in [6, 6.07) is 19.2. The number of nitrogens with zero attached hydrogens (tertiary/aromatic N) is 4. The van der Waals surface area contributed by atoms with Gasteiger partial charge in [0, 0.05) is 36.4 Å². The summed E-state index contributed by atoms with van der Waals surface area (Å²) in [5, 5.41) is 2.50. The largest absolute Gasteiger partial charge is 0.357 e. The highest BCUT2D eigenvalue weighted by Crippen LogP contribution is 2.43. The monoisotopic (exact) mass is 368 g/mol. The Morgan fingerprint density at radius 3 is 2.36 bits per heavy atom. The molecule has 0 saturated carbocycles. The van der Waals surface area contributed by atoms with Gasteiger partial charge >= 0.3 is 0 Å². The van der Waals surface area contributed by atoms with E-state index in [1.807, 2.05) is 18.3 Å². The Bertz CT molecular complexity index is 1220. The summed E-state index contributed by atoms with van der Waals surface area (Å²) in [5.74, 6) is 0.940. The summed E-state index contributed by atoms with van der Waals surface area (Å²) in [7, 11) is 2.13. The molecule has 3 heterocycles. The van der Waals surface area contributed by atoms with Crippen molar-refractivity contribution >= 4 is 27.5 Å². The highest BCUT2D eigenvalue weighted by molar-refractivity contribution is 6.14. The molecule has 0 atom stereocenters. The fourth-order valence-electron chi connectivity index (χ4n) is 4.22. The fourth-order valence-corrected chi connectivity index (χ4v) is 4.22. The average Bonchev–Trinajstić information content (AvgIpc) is 3.17. The lowest BCUT2D eigenvalue weighted by atomic mass is 10.0. The van der Waals surface area contributed by atoms with E-state index in [4.69, 9.17) is 0 Å². The Kier molecular flexibility index (Phi) is 3.53. The zero-order valence-electron chi connectivity index (χ0n) is 16.7. The number of para-hydroxylation sites is 1. The second-order valence-corrected chi connectivity index (χ2v) is 7.94. The summed E-state index contributed by atoms with van der Waals surface area (Å²) in [5.41, 5.74) is 4.71. The smallest absolute Gasteiger partial charge is 0.137 e. The maximum Gasteiger partial charge on any atom is 0.137 e. The van der Waals surface area contributed by atoms with Crippen molar-refractivity contribution in [1.29, 1.82) is 0 Å². The minimum absolute atomic E-state index is 0.148. The minimum atomic E-state index is -0.148. The Balaban J connectivity index is 1.95. The maximum atomic E-state index is 4.69. The summed E-state index contributed by atoms with van der Waals surface area (Å²) in [4.78, 5) is 9.31. The van der Waals surface area contributed by atoms with Gasteiger partial charge in [-0.1, -0.05) is 36.4 Å². The third-order valence-corrected chi connectivity index (χ3v) is 6.02. The Labute approximate surface area is 165 Å². The first-order valence-corrected chi connectivity index (χ1v) is 9.65. The van der Waals surface area contributed by atoms with Crippen LogP contribution >= 0.6 is 0 Å². The van der Waals surface area contributed by atoms with Crippen molar-refractivity contribution < 1.29 is 0 Å². The molecule has 2 aromatic carbocycles. The number of anilines is 1. The van der Waals surface area contributed by atoms with Crippen LogP contribution in [-0.2, 0) is 0 Å². The van der Waals surface area contributed by atoms with Crippen LogP contribution in [0.25, 0.3) is 27.6 Å². The number of hydrogen-bond donors (Lipinski definition) is 0. The number of rotatable bonds is 2. The lowest BCUT2D eigenvalue weighted by Gasteiger charge is -2.39. The first kappa shape index (κ1) is 16.9. The molecule has 0 saturated heterocycles. The first-order valence-electron chi connectivity index (χ1n) is 9.65. The van der Waals surface area contributed by atoms with Crippen molar-refractivity contribution in [3.05, 3.63) is 78.8 Å². The molecule has 4 heteroatoms. The summed E-state index contributed by atoms with van der Waals surface area (Å²) in [6.07, 6.45) is 6.19. The van der Waals surface area contributed by atoms with Crippen LogP contribution in [0.15, 0.2) is 73.2 Å². The zero-order valence-corrected chi connectivity index (χ0v) is 16.7. The first-order chi connectivity index (χ1) is 13.5. The van der Waals surface area contributed by atoms with E-state index in [1.54, 1.807) is 0 Å². The molecule has 0 aliphatic carbocycles.